The zero-order valence-electron chi connectivity index (χ0n) is 19.3. The number of hydrogen-bond acceptors (Lipinski definition) is 6. The highest BCUT2D eigenvalue weighted by molar-refractivity contribution is 7.89. The fourth-order valence-corrected chi connectivity index (χ4v) is 4.84. The van der Waals surface area contributed by atoms with Gasteiger partial charge >= 0.3 is 0 Å². The van der Waals surface area contributed by atoms with E-state index < -0.39 is 28.1 Å². The van der Waals surface area contributed by atoms with Crippen LogP contribution in [0.3, 0.4) is 0 Å². The number of amides is 1. The maximum absolute atomic E-state index is 12.5. The van der Waals surface area contributed by atoms with E-state index in [9.17, 15) is 18.3 Å². The minimum absolute atomic E-state index is 0.137. The van der Waals surface area contributed by atoms with Gasteiger partial charge in [0, 0.05) is 39.0 Å². The summed E-state index contributed by atoms with van der Waals surface area (Å²) in [6, 6.07) is 6.88. The van der Waals surface area contributed by atoms with Crippen LogP contribution in [0, 0.1) is 12.3 Å². The molecule has 0 spiro atoms. The predicted octanol–water partition coefficient (Wildman–Crippen LogP) is 1.50. The average Bonchev–Trinajstić information content (AvgIpc) is 2.77. The molecule has 0 saturated carbocycles. The molecule has 1 rings (SSSR count). The van der Waals surface area contributed by atoms with Gasteiger partial charge in [0.1, 0.15) is 5.75 Å². The van der Waals surface area contributed by atoms with Crippen LogP contribution in [0.25, 0.3) is 0 Å². The first kappa shape index (κ1) is 27.9. The van der Waals surface area contributed by atoms with Crippen molar-refractivity contribution in [2.45, 2.75) is 58.2 Å². The Balaban J connectivity index is 2.57. The van der Waals surface area contributed by atoms with E-state index in [2.05, 4.69) is 16.6 Å². The van der Waals surface area contributed by atoms with Gasteiger partial charge in [-0.1, -0.05) is 26.0 Å². The van der Waals surface area contributed by atoms with Crippen molar-refractivity contribution in [3.05, 3.63) is 29.8 Å². The summed E-state index contributed by atoms with van der Waals surface area (Å²) in [6.45, 7) is 5.43. The molecular weight excluding hydrogens is 430 g/mol. The van der Waals surface area contributed by atoms with Crippen LogP contribution in [0.1, 0.15) is 45.1 Å². The number of nitrogens with zero attached hydrogens (tertiary/aromatic N) is 1. The average molecular weight is 468 g/mol. The van der Waals surface area contributed by atoms with E-state index in [0.717, 1.165) is 11.3 Å². The number of ether oxygens (including phenoxy) is 1. The molecule has 2 atom stereocenters. The van der Waals surface area contributed by atoms with Gasteiger partial charge in [-0.3, -0.25) is 4.79 Å². The molecule has 0 fully saturated rings. The quantitative estimate of drug-likeness (QED) is 0.318. The second kappa shape index (κ2) is 14.9. The van der Waals surface area contributed by atoms with Crippen LogP contribution in [0.5, 0.6) is 5.75 Å². The van der Waals surface area contributed by atoms with Gasteiger partial charge in [0.05, 0.1) is 25.0 Å². The molecule has 0 radical (unpaired) electrons. The Kier molecular flexibility index (Phi) is 13.0. The summed E-state index contributed by atoms with van der Waals surface area (Å²) in [5, 5.41) is 16.3. The van der Waals surface area contributed by atoms with Crippen molar-refractivity contribution in [1.29, 1.82) is 0 Å². The highest BCUT2D eigenvalue weighted by Crippen LogP contribution is 2.12. The van der Waals surface area contributed by atoms with Crippen LogP contribution in [0.15, 0.2) is 24.3 Å². The molecule has 0 aliphatic carbocycles. The number of carbonyl (C=O) groups is 1. The summed E-state index contributed by atoms with van der Waals surface area (Å²) in [4.78, 5) is 12.4. The summed E-state index contributed by atoms with van der Waals surface area (Å²) in [6.07, 6.45) is 5.85. The Morgan fingerprint density at radius 2 is 1.97 bits per heavy atom. The first-order valence-corrected chi connectivity index (χ1v) is 12.6. The SMILES string of the molecule is C#CC[C@H](NC(=O)CCS(=O)(=O)N(CCC)CCC)[C@H](O)CNCc1cccc(OC)c1. The molecule has 9 heteroatoms. The topological polar surface area (TPSA) is 108 Å². The summed E-state index contributed by atoms with van der Waals surface area (Å²) < 4.78 is 31.7. The largest absolute Gasteiger partial charge is 0.497 e. The Labute approximate surface area is 192 Å². The van der Waals surface area contributed by atoms with E-state index in [-0.39, 0.29) is 25.1 Å². The van der Waals surface area contributed by atoms with E-state index in [1.165, 1.54) is 4.31 Å². The number of sulfonamides is 1. The van der Waals surface area contributed by atoms with Gasteiger partial charge in [-0.05, 0) is 30.5 Å². The fraction of sp³-hybridized carbons (Fsp3) is 0.609. The summed E-state index contributed by atoms with van der Waals surface area (Å²) in [5.41, 5.74) is 0.989. The van der Waals surface area contributed by atoms with Crippen LogP contribution in [-0.4, -0.2) is 68.4 Å². The van der Waals surface area contributed by atoms with Gasteiger partial charge in [0.2, 0.25) is 15.9 Å². The number of hydrogen-bond donors (Lipinski definition) is 3. The first-order valence-electron chi connectivity index (χ1n) is 11.0. The number of methoxy groups -OCH3 is 1. The fourth-order valence-electron chi connectivity index (χ4n) is 3.22. The smallest absolute Gasteiger partial charge is 0.221 e. The molecule has 0 saturated heterocycles. The molecule has 0 aliphatic heterocycles. The normalized spacial score (nSPS) is 13.4. The van der Waals surface area contributed by atoms with Crippen molar-refractivity contribution in [2.24, 2.45) is 0 Å². The van der Waals surface area contributed by atoms with Crippen LogP contribution < -0.4 is 15.4 Å². The van der Waals surface area contributed by atoms with E-state index in [4.69, 9.17) is 11.2 Å². The standard InChI is InChI=1S/C23H37N3O5S/c1-5-9-21(22(27)18-24-17-19-10-8-11-20(16-19)31-4)25-23(28)12-15-32(29,30)26(13-6-2)14-7-3/h1,8,10-11,16,21-22,24,27H,6-7,9,12-15,17-18H2,2-4H3,(H,25,28)/t21-,22+/m0/s1. The molecule has 32 heavy (non-hydrogen) atoms. The molecule has 0 unspecified atom stereocenters. The minimum atomic E-state index is -3.51. The summed E-state index contributed by atoms with van der Waals surface area (Å²) in [7, 11) is -1.92. The van der Waals surface area contributed by atoms with Crippen LogP contribution in [0.2, 0.25) is 0 Å². The van der Waals surface area contributed by atoms with E-state index in [0.29, 0.717) is 32.5 Å². The lowest BCUT2D eigenvalue weighted by Gasteiger charge is -2.24. The molecule has 1 aromatic rings. The van der Waals surface area contributed by atoms with Crippen molar-refractivity contribution in [2.75, 3.05) is 32.5 Å². The molecule has 0 heterocycles. The Morgan fingerprint density at radius 1 is 1.28 bits per heavy atom. The number of rotatable bonds is 16. The van der Waals surface area contributed by atoms with Crippen LogP contribution >= 0.6 is 0 Å². The van der Waals surface area contributed by atoms with Crippen LogP contribution in [-0.2, 0) is 21.4 Å². The van der Waals surface area contributed by atoms with Crippen molar-refractivity contribution < 1.29 is 23.1 Å². The van der Waals surface area contributed by atoms with Gasteiger partial charge in [0.25, 0.3) is 0 Å². The number of nitrogens with one attached hydrogen (secondary N) is 2. The molecule has 8 nitrogen and oxygen atoms in total. The lowest BCUT2D eigenvalue weighted by Crippen LogP contribution is -2.47. The van der Waals surface area contributed by atoms with E-state index in [1.54, 1.807) is 7.11 Å². The second-order valence-electron chi connectivity index (χ2n) is 7.60. The van der Waals surface area contributed by atoms with E-state index in [1.807, 2.05) is 38.1 Å². The first-order chi connectivity index (χ1) is 15.3. The van der Waals surface area contributed by atoms with Gasteiger partial charge in [0.15, 0.2) is 0 Å². The molecule has 3 N–H and O–H groups in total. The van der Waals surface area contributed by atoms with Crippen LogP contribution in [0.4, 0.5) is 0 Å². The zero-order chi connectivity index (χ0) is 24.0. The minimum Gasteiger partial charge on any atom is -0.497 e. The lowest BCUT2D eigenvalue weighted by molar-refractivity contribution is -0.122. The number of terminal acetylenes is 1. The number of carbonyl (C=O) groups excluding carboxylic acids is 1. The maximum Gasteiger partial charge on any atom is 0.221 e. The molecule has 180 valence electrons. The highest BCUT2D eigenvalue weighted by atomic mass is 32.2. The summed E-state index contributed by atoms with van der Waals surface area (Å²) >= 11 is 0. The highest BCUT2D eigenvalue weighted by Gasteiger charge is 2.24. The molecule has 0 bridgehead atoms. The predicted molar refractivity (Wildman–Crippen MR) is 127 cm³/mol. The van der Waals surface area contributed by atoms with Gasteiger partial charge in [-0.25, -0.2) is 12.7 Å². The molecular formula is C23H37N3O5S. The number of aliphatic hydroxyl groups excluding tert-OH is 1. The molecule has 1 aromatic carbocycles. The monoisotopic (exact) mass is 467 g/mol. The second-order valence-corrected chi connectivity index (χ2v) is 9.69. The lowest BCUT2D eigenvalue weighted by atomic mass is 10.1. The van der Waals surface area contributed by atoms with Gasteiger partial charge in [-0.15, -0.1) is 12.3 Å². The molecule has 0 aromatic heterocycles. The van der Waals surface area contributed by atoms with Crippen molar-refractivity contribution in [3.63, 3.8) is 0 Å². The van der Waals surface area contributed by atoms with E-state index >= 15 is 0 Å². The zero-order valence-corrected chi connectivity index (χ0v) is 20.2. The number of benzene rings is 1. The Morgan fingerprint density at radius 3 is 2.56 bits per heavy atom. The van der Waals surface area contributed by atoms with Gasteiger partial charge in [-0.2, -0.15) is 0 Å². The third-order valence-corrected chi connectivity index (χ3v) is 6.76. The molecule has 1 amide bonds. The molecule has 0 aliphatic rings. The maximum atomic E-state index is 12.5. The number of aliphatic hydroxyl groups is 1. The van der Waals surface area contributed by atoms with Crippen molar-refractivity contribution in [3.8, 4) is 18.1 Å². The Hall–Kier alpha value is -2.12. The third-order valence-electron chi connectivity index (χ3n) is 4.89. The van der Waals surface area contributed by atoms with Gasteiger partial charge < -0.3 is 20.5 Å². The Bertz CT molecular complexity index is 832. The third kappa shape index (κ3) is 10.0. The van der Waals surface area contributed by atoms with Crippen molar-refractivity contribution in [1.82, 2.24) is 14.9 Å². The van der Waals surface area contributed by atoms with Crippen molar-refractivity contribution >= 4 is 15.9 Å². The summed E-state index contributed by atoms with van der Waals surface area (Å²) in [5.74, 6) is 2.48.